The van der Waals surface area contributed by atoms with Crippen molar-refractivity contribution in [1.29, 1.82) is 0 Å². The highest BCUT2D eigenvalue weighted by Gasteiger charge is 2.25. The van der Waals surface area contributed by atoms with Crippen molar-refractivity contribution in [3.63, 3.8) is 0 Å². The third kappa shape index (κ3) is 5.17. The third-order valence-corrected chi connectivity index (χ3v) is 4.88. The quantitative estimate of drug-likeness (QED) is 0.800. The van der Waals surface area contributed by atoms with Gasteiger partial charge < -0.3 is 14.5 Å². The molecule has 1 unspecified atom stereocenters. The number of morpholine rings is 1. The van der Waals surface area contributed by atoms with Crippen LogP contribution in [0.25, 0.3) is 0 Å². The van der Waals surface area contributed by atoms with Gasteiger partial charge >= 0.3 is 0 Å². The summed E-state index contributed by atoms with van der Waals surface area (Å²) >= 11 is 3.41. The molecule has 6 heteroatoms. The number of aryl methyl sites for hydroxylation is 1. The molecule has 0 saturated carbocycles. The third-order valence-electron chi connectivity index (χ3n) is 4.35. The first-order valence-corrected chi connectivity index (χ1v) is 9.30. The van der Waals surface area contributed by atoms with Crippen LogP contribution < -0.4 is 5.32 Å². The van der Waals surface area contributed by atoms with Gasteiger partial charge in [-0.25, -0.2) is 0 Å². The van der Waals surface area contributed by atoms with Crippen molar-refractivity contribution < 1.29 is 13.9 Å². The summed E-state index contributed by atoms with van der Waals surface area (Å²) in [4.78, 5) is 14.6. The molecule has 134 valence electrons. The van der Waals surface area contributed by atoms with Crippen LogP contribution in [0.15, 0.2) is 45.3 Å². The van der Waals surface area contributed by atoms with E-state index in [1.807, 2.05) is 43.3 Å². The molecule has 2 aromatic rings. The monoisotopic (exact) mass is 406 g/mol. The summed E-state index contributed by atoms with van der Waals surface area (Å²) in [5.41, 5.74) is 0.998. The Labute approximate surface area is 156 Å². The number of rotatable bonds is 6. The van der Waals surface area contributed by atoms with Gasteiger partial charge in [0.15, 0.2) is 0 Å². The maximum atomic E-state index is 12.3. The molecular formula is C19H23BrN2O3. The fourth-order valence-electron chi connectivity index (χ4n) is 2.99. The van der Waals surface area contributed by atoms with Gasteiger partial charge in [0.05, 0.1) is 25.7 Å². The molecule has 1 saturated heterocycles. The number of furan rings is 1. The van der Waals surface area contributed by atoms with Crippen LogP contribution in [-0.4, -0.2) is 43.7 Å². The van der Waals surface area contributed by atoms with E-state index in [2.05, 4.69) is 26.1 Å². The van der Waals surface area contributed by atoms with Gasteiger partial charge in [0.1, 0.15) is 11.5 Å². The Hall–Kier alpha value is -1.63. The highest BCUT2D eigenvalue weighted by Crippen LogP contribution is 2.23. The normalized spacial score (nSPS) is 16.6. The Kier molecular flexibility index (Phi) is 6.29. The molecule has 2 heterocycles. The molecule has 1 amide bonds. The van der Waals surface area contributed by atoms with Crippen LogP contribution in [-0.2, 0) is 16.0 Å². The lowest BCUT2D eigenvalue weighted by atomic mass is 10.1. The van der Waals surface area contributed by atoms with E-state index >= 15 is 0 Å². The summed E-state index contributed by atoms with van der Waals surface area (Å²) in [6.07, 6.45) is 0.375. The topological polar surface area (TPSA) is 54.7 Å². The van der Waals surface area contributed by atoms with Crippen molar-refractivity contribution in [3.8, 4) is 0 Å². The van der Waals surface area contributed by atoms with Crippen LogP contribution in [0.1, 0.15) is 23.1 Å². The van der Waals surface area contributed by atoms with Crippen LogP contribution >= 0.6 is 15.9 Å². The molecule has 3 rings (SSSR count). The zero-order chi connectivity index (χ0) is 17.6. The van der Waals surface area contributed by atoms with Gasteiger partial charge in [-0.1, -0.05) is 28.1 Å². The molecule has 1 aliphatic heterocycles. The molecule has 1 aromatic heterocycles. The van der Waals surface area contributed by atoms with Crippen molar-refractivity contribution in [2.75, 3.05) is 32.8 Å². The lowest BCUT2D eigenvalue weighted by Gasteiger charge is -2.33. The van der Waals surface area contributed by atoms with Gasteiger partial charge in [-0.2, -0.15) is 0 Å². The number of nitrogens with zero attached hydrogens (tertiary/aromatic N) is 1. The van der Waals surface area contributed by atoms with E-state index in [0.29, 0.717) is 26.2 Å². The number of halogens is 1. The van der Waals surface area contributed by atoms with E-state index in [1.165, 1.54) is 0 Å². The molecule has 0 aliphatic carbocycles. The Balaban J connectivity index is 1.61. The lowest BCUT2D eigenvalue weighted by Crippen LogP contribution is -2.43. The number of hydrogen-bond donors (Lipinski definition) is 1. The van der Waals surface area contributed by atoms with Gasteiger partial charge in [0.2, 0.25) is 5.91 Å². The zero-order valence-corrected chi connectivity index (χ0v) is 15.9. The van der Waals surface area contributed by atoms with E-state index in [4.69, 9.17) is 9.15 Å². The van der Waals surface area contributed by atoms with Crippen LogP contribution in [0.3, 0.4) is 0 Å². The molecule has 1 N–H and O–H groups in total. The standard InChI is InChI=1S/C19H23BrN2O3/c1-14-2-7-18(25-14)17(22-8-10-24-11-9-22)13-21-19(23)12-15-3-5-16(20)6-4-15/h2-7,17H,8-13H2,1H3,(H,21,23). The van der Waals surface area contributed by atoms with E-state index in [1.54, 1.807) is 0 Å². The predicted molar refractivity (Wildman–Crippen MR) is 99.4 cm³/mol. The molecule has 1 atom stereocenters. The average molecular weight is 407 g/mol. The van der Waals surface area contributed by atoms with Crippen molar-refractivity contribution in [3.05, 3.63) is 58.0 Å². The molecule has 1 fully saturated rings. The summed E-state index contributed by atoms with van der Waals surface area (Å²) in [6, 6.07) is 11.8. The maximum absolute atomic E-state index is 12.3. The Morgan fingerprint density at radius 1 is 1.20 bits per heavy atom. The summed E-state index contributed by atoms with van der Waals surface area (Å²) in [5, 5.41) is 3.06. The second kappa shape index (κ2) is 8.65. The number of nitrogens with one attached hydrogen (secondary N) is 1. The van der Waals surface area contributed by atoms with Crippen LogP contribution in [0.2, 0.25) is 0 Å². The average Bonchev–Trinajstić information content (AvgIpc) is 3.04. The van der Waals surface area contributed by atoms with E-state index < -0.39 is 0 Å². The van der Waals surface area contributed by atoms with Gasteiger partial charge in [0, 0.05) is 24.1 Å². The van der Waals surface area contributed by atoms with E-state index in [-0.39, 0.29) is 11.9 Å². The second-order valence-corrected chi connectivity index (χ2v) is 7.14. The Bertz CT molecular complexity index is 693. The number of carbonyl (C=O) groups excluding carboxylic acids is 1. The molecular weight excluding hydrogens is 384 g/mol. The van der Waals surface area contributed by atoms with Crippen LogP contribution in [0.4, 0.5) is 0 Å². The number of ether oxygens (including phenoxy) is 1. The van der Waals surface area contributed by atoms with Crippen LogP contribution in [0, 0.1) is 6.92 Å². The minimum atomic E-state index is 0.0175. The molecule has 1 aliphatic rings. The molecule has 0 bridgehead atoms. The van der Waals surface area contributed by atoms with Crippen molar-refractivity contribution in [1.82, 2.24) is 10.2 Å². The molecule has 0 spiro atoms. The molecule has 1 aromatic carbocycles. The fourth-order valence-corrected chi connectivity index (χ4v) is 3.26. The van der Waals surface area contributed by atoms with E-state index in [9.17, 15) is 4.79 Å². The first-order valence-electron chi connectivity index (χ1n) is 8.51. The van der Waals surface area contributed by atoms with Gasteiger partial charge in [0.25, 0.3) is 0 Å². The van der Waals surface area contributed by atoms with Gasteiger partial charge in [-0.3, -0.25) is 9.69 Å². The number of amides is 1. The first kappa shape index (κ1) is 18.2. The second-order valence-electron chi connectivity index (χ2n) is 6.22. The van der Waals surface area contributed by atoms with E-state index in [0.717, 1.165) is 34.6 Å². The molecule has 25 heavy (non-hydrogen) atoms. The van der Waals surface area contributed by atoms with Crippen molar-refractivity contribution in [2.24, 2.45) is 0 Å². The Morgan fingerprint density at radius 3 is 2.56 bits per heavy atom. The minimum absolute atomic E-state index is 0.0175. The minimum Gasteiger partial charge on any atom is -0.465 e. The molecule has 5 nitrogen and oxygen atoms in total. The number of hydrogen-bond acceptors (Lipinski definition) is 4. The van der Waals surface area contributed by atoms with Gasteiger partial charge in [-0.05, 0) is 36.8 Å². The zero-order valence-electron chi connectivity index (χ0n) is 14.3. The Morgan fingerprint density at radius 2 is 1.92 bits per heavy atom. The number of benzene rings is 1. The summed E-state index contributed by atoms with van der Waals surface area (Å²) in [7, 11) is 0. The van der Waals surface area contributed by atoms with Crippen LogP contribution in [0.5, 0.6) is 0 Å². The summed E-state index contributed by atoms with van der Waals surface area (Å²) < 4.78 is 12.3. The SMILES string of the molecule is Cc1ccc(C(CNC(=O)Cc2ccc(Br)cc2)N2CCOCC2)o1. The first-order chi connectivity index (χ1) is 12.1. The highest BCUT2D eigenvalue weighted by molar-refractivity contribution is 9.10. The fraction of sp³-hybridized carbons (Fsp3) is 0.421. The smallest absolute Gasteiger partial charge is 0.224 e. The molecule has 0 radical (unpaired) electrons. The predicted octanol–water partition coefficient (Wildman–Crippen LogP) is 3.08. The highest BCUT2D eigenvalue weighted by atomic mass is 79.9. The van der Waals surface area contributed by atoms with Crippen molar-refractivity contribution >= 4 is 21.8 Å². The van der Waals surface area contributed by atoms with Crippen molar-refractivity contribution in [2.45, 2.75) is 19.4 Å². The maximum Gasteiger partial charge on any atom is 0.224 e. The summed E-state index contributed by atoms with van der Waals surface area (Å²) in [5.74, 6) is 1.79. The summed E-state index contributed by atoms with van der Waals surface area (Å²) in [6.45, 7) is 5.57. The largest absolute Gasteiger partial charge is 0.465 e. The lowest BCUT2D eigenvalue weighted by molar-refractivity contribution is -0.120. The number of carbonyl (C=O) groups is 1. The van der Waals surface area contributed by atoms with Gasteiger partial charge in [-0.15, -0.1) is 0 Å².